The highest BCUT2D eigenvalue weighted by atomic mass is 32.1. The molecule has 128 valence electrons. The molecular formula is C17H27N3O2S. The minimum atomic E-state index is -0.281. The molecule has 0 heterocycles. The second-order valence-electron chi connectivity index (χ2n) is 6.09. The third-order valence-electron chi connectivity index (χ3n) is 3.22. The van der Waals surface area contributed by atoms with Crippen LogP contribution >= 0.6 is 12.2 Å². The molecule has 0 aliphatic heterocycles. The smallest absolute Gasteiger partial charge is 0.276 e. The summed E-state index contributed by atoms with van der Waals surface area (Å²) in [6, 6.07) is 7.73. The average Bonchev–Trinajstić information content (AvgIpc) is 2.50. The Morgan fingerprint density at radius 2 is 1.87 bits per heavy atom. The van der Waals surface area contributed by atoms with E-state index in [1.165, 1.54) is 0 Å². The van der Waals surface area contributed by atoms with Gasteiger partial charge in [-0.15, -0.1) is 0 Å². The fourth-order valence-electron chi connectivity index (χ4n) is 1.91. The molecular weight excluding hydrogens is 310 g/mol. The number of hydrogen-bond acceptors (Lipinski definition) is 3. The first kappa shape index (κ1) is 19.2. The number of carbonyl (C=O) groups is 1. The Balaban J connectivity index is 2.31. The van der Waals surface area contributed by atoms with Crippen LogP contribution in [0.3, 0.4) is 0 Å². The standard InChI is InChI=1S/C17H27N3O2S/c1-12(2)9-10-18-17(23)20-19-16(21)11-22-15-8-6-5-7-14(15)13(3)4/h5-8,12-13H,9-11H2,1-4H3,(H,19,21)(H2,18,20,23). The molecule has 1 aromatic carbocycles. The van der Waals surface area contributed by atoms with Crippen LogP contribution in [0.15, 0.2) is 24.3 Å². The van der Waals surface area contributed by atoms with Crippen LogP contribution in [0.4, 0.5) is 0 Å². The van der Waals surface area contributed by atoms with Gasteiger partial charge in [-0.2, -0.15) is 0 Å². The van der Waals surface area contributed by atoms with E-state index in [9.17, 15) is 4.79 Å². The summed E-state index contributed by atoms with van der Waals surface area (Å²) in [6.45, 7) is 9.18. The van der Waals surface area contributed by atoms with Crippen LogP contribution in [0.5, 0.6) is 5.75 Å². The van der Waals surface area contributed by atoms with E-state index in [0.717, 1.165) is 24.3 Å². The van der Waals surface area contributed by atoms with E-state index < -0.39 is 0 Å². The van der Waals surface area contributed by atoms with Crippen molar-refractivity contribution in [3.63, 3.8) is 0 Å². The Hall–Kier alpha value is -1.82. The second-order valence-corrected chi connectivity index (χ2v) is 6.50. The number of benzene rings is 1. The molecule has 0 bridgehead atoms. The number of nitrogens with one attached hydrogen (secondary N) is 3. The van der Waals surface area contributed by atoms with Crippen LogP contribution in [0.1, 0.15) is 45.6 Å². The lowest BCUT2D eigenvalue weighted by atomic mass is 10.0. The summed E-state index contributed by atoms with van der Waals surface area (Å²) in [4.78, 5) is 11.8. The third-order valence-corrected chi connectivity index (χ3v) is 3.47. The molecule has 5 nitrogen and oxygen atoms in total. The van der Waals surface area contributed by atoms with Gasteiger partial charge in [0.25, 0.3) is 5.91 Å². The van der Waals surface area contributed by atoms with Gasteiger partial charge in [0, 0.05) is 6.54 Å². The first-order valence-corrected chi connectivity index (χ1v) is 8.35. The van der Waals surface area contributed by atoms with Gasteiger partial charge >= 0.3 is 0 Å². The van der Waals surface area contributed by atoms with Crippen LogP contribution in [0, 0.1) is 5.92 Å². The molecule has 0 atom stereocenters. The van der Waals surface area contributed by atoms with Gasteiger partial charge in [-0.1, -0.05) is 45.9 Å². The molecule has 0 aromatic heterocycles. The Kier molecular flexibility index (Phi) is 8.40. The van der Waals surface area contributed by atoms with Crippen LogP contribution in [0.2, 0.25) is 0 Å². The number of rotatable bonds is 7. The number of carbonyl (C=O) groups excluding carboxylic acids is 1. The zero-order valence-electron chi connectivity index (χ0n) is 14.3. The van der Waals surface area contributed by atoms with E-state index in [4.69, 9.17) is 17.0 Å². The fourth-order valence-corrected chi connectivity index (χ4v) is 2.07. The summed E-state index contributed by atoms with van der Waals surface area (Å²) in [7, 11) is 0. The maximum absolute atomic E-state index is 11.8. The molecule has 1 aromatic rings. The Morgan fingerprint density at radius 3 is 2.52 bits per heavy atom. The predicted molar refractivity (Wildman–Crippen MR) is 97.4 cm³/mol. The van der Waals surface area contributed by atoms with E-state index >= 15 is 0 Å². The number of hydrogen-bond donors (Lipinski definition) is 3. The summed E-state index contributed by atoms with van der Waals surface area (Å²) in [5.41, 5.74) is 6.27. The third kappa shape index (κ3) is 7.83. The maximum Gasteiger partial charge on any atom is 0.276 e. The van der Waals surface area contributed by atoms with Crippen LogP contribution < -0.4 is 20.9 Å². The van der Waals surface area contributed by atoms with E-state index in [1.807, 2.05) is 24.3 Å². The van der Waals surface area contributed by atoms with Crippen molar-refractivity contribution in [1.29, 1.82) is 0 Å². The monoisotopic (exact) mass is 337 g/mol. The van der Waals surface area contributed by atoms with Crippen molar-refractivity contribution in [2.45, 2.75) is 40.0 Å². The maximum atomic E-state index is 11.8. The molecule has 0 spiro atoms. The summed E-state index contributed by atoms with van der Waals surface area (Å²) < 4.78 is 5.59. The van der Waals surface area contributed by atoms with E-state index in [2.05, 4.69) is 43.9 Å². The van der Waals surface area contributed by atoms with E-state index in [-0.39, 0.29) is 12.5 Å². The number of hydrazine groups is 1. The number of ether oxygens (including phenoxy) is 1. The molecule has 23 heavy (non-hydrogen) atoms. The minimum absolute atomic E-state index is 0.0641. The fraction of sp³-hybridized carbons (Fsp3) is 0.529. The van der Waals surface area contributed by atoms with Gasteiger partial charge in [0.15, 0.2) is 11.7 Å². The predicted octanol–water partition coefficient (Wildman–Crippen LogP) is 2.73. The van der Waals surface area contributed by atoms with Crippen LogP contribution in [-0.2, 0) is 4.79 Å². The first-order valence-electron chi connectivity index (χ1n) is 7.94. The molecule has 6 heteroatoms. The molecule has 0 radical (unpaired) electrons. The van der Waals surface area contributed by atoms with Gasteiger partial charge in [0.05, 0.1) is 0 Å². The number of amides is 1. The first-order chi connectivity index (χ1) is 10.9. The lowest BCUT2D eigenvalue weighted by Gasteiger charge is -2.15. The molecule has 0 unspecified atom stereocenters. The van der Waals surface area contributed by atoms with Gasteiger partial charge in [0.2, 0.25) is 0 Å². The van der Waals surface area contributed by atoms with Crippen molar-refractivity contribution in [2.75, 3.05) is 13.2 Å². The zero-order valence-corrected chi connectivity index (χ0v) is 15.1. The van der Waals surface area contributed by atoms with Gasteiger partial charge in [-0.3, -0.25) is 15.6 Å². The highest BCUT2D eigenvalue weighted by molar-refractivity contribution is 7.80. The lowest BCUT2D eigenvalue weighted by Crippen LogP contribution is -2.48. The molecule has 0 aliphatic carbocycles. The second kappa shape index (κ2) is 10.0. The van der Waals surface area contributed by atoms with Crippen molar-refractivity contribution in [2.24, 2.45) is 5.92 Å². The van der Waals surface area contributed by atoms with Crippen LogP contribution in [0.25, 0.3) is 0 Å². The van der Waals surface area contributed by atoms with Crippen LogP contribution in [-0.4, -0.2) is 24.2 Å². The van der Waals surface area contributed by atoms with Crippen molar-refractivity contribution in [3.8, 4) is 5.75 Å². The van der Waals surface area contributed by atoms with Gasteiger partial charge < -0.3 is 10.1 Å². The highest BCUT2D eigenvalue weighted by Gasteiger charge is 2.09. The number of thiocarbonyl (C=S) groups is 1. The van der Waals surface area contributed by atoms with Gasteiger partial charge in [-0.25, -0.2) is 0 Å². The van der Waals surface area contributed by atoms with Crippen molar-refractivity contribution in [3.05, 3.63) is 29.8 Å². The lowest BCUT2D eigenvalue weighted by molar-refractivity contribution is -0.123. The Labute approximate surface area is 144 Å². The summed E-state index contributed by atoms with van der Waals surface area (Å²) >= 11 is 5.08. The summed E-state index contributed by atoms with van der Waals surface area (Å²) in [6.07, 6.45) is 1.02. The topological polar surface area (TPSA) is 62.4 Å². The van der Waals surface area contributed by atoms with Gasteiger partial charge in [-0.05, 0) is 42.1 Å². The highest BCUT2D eigenvalue weighted by Crippen LogP contribution is 2.25. The minimum Gasteiger partial charge on any atom is -0.483 e. The molecule has 1 amide bonds. The molecule has 0 saturated carbocycles. The van der Waals surface area contributed by atoms with Crippen molar-refractivity contribution >= 4 is 23.2 Å². The Morgan fingerprint density at radius 1 is 1.17 bits per heavy atom. The largest absolute Gasteiger partial charge is 0.483 e. The molecule has 1 rings (SSSR count). The molecule has 3 N–H and O–H groups in total. The SMILES string of the molecule is CC(C)CCNC(=S)NNC(=O)COc1ccccc1C(C)C. The van der Waals surface area contributed by atoms with E-state index in [1.54, 1.807) is 0 Å². The van der Waals surface area contributed by atoms with Crippen molar-refractivity contribution in [1.82, 2.24) is 16.2 Å². The average molecular weight is 337 g/mol. The number of para-hydroxylation sites is 1. The Bertz CT molecular complexity index is 518. The normalized spacial score (nSPS) is 10.5. The summed E-state index contributed by atoms with van der Waals surface area (Å²) in [5.74, 6) is 1.39. The van der Waals surface area contributed by atoms with E-state index in [0.29, 0.717) is 16.9 Å². The molecule has 0 saturated heterocycles. The quantitative estimate of drug-likeness (QED) is 0.527. The summed E-state index contributed by atoms with van der Waals surface area (Å²) in [5, 5.41) is 3.44. The van der Waals surface area contributed by atoms with Crippen molar-refractivity contribution < 1.29 is 9.53 Å². The molecule has 0 aliphatic rings. The van der Waals surface area contributed by atoms with Gasteiger partial charge in [0.1, 0.15) is 5.75 Å². The molecule has 0 fully saturated rings. The zero-order chi connectivity index (χ0) is 17.2.